The summed E-state index contributed by atoms with van der Waals surface area (Å²) in [6, 6.07) is 15.2. The van der Waals surface area contributed by atoms with Crippen LogP contribution in [0.2, 0.25) is 0 Å². The van der Waals surface area contributed by atoms with Gasteiger partial charge in [-0.15, -0.1) is 24.8 Å². The molecule has 0 saturated carbocycles. The summed E-state index contributed by atoms with van der Waals surface area (Å²) in [5.41, 5.74) is 2.04. The molecule has 0 radical (unpaired) electrons. The van der Waals surface area contributed by atoms with Gasteiger partial charge in [0.1, 0.15) is 18.2 Å². The zero-order chi connectivity index (χ0) is 16.1. The Labute approximate surface area is 161 Å². The molecule has 0 aliphatic carbocycles. The van der Waals surface area contributed by atoms with E-state index in [0.717, 1.165) is 24.4 Å². The molecule has 1 N–H and O–H groups in total. The lowest BCUT2D eigenvalue weighted by molar-refractivity contribution is 0.305. The quantitative estimate of drug-likeness (QED) is 0.821. The number of rotatable bonds is 5. The zero-order valence-corrected chi connectivity index (χ0v) is 15.9. The summed E-state index contributed by atoms with van der Waals surface area (Å²) in [7, 11) is 2.15. The van der Waals surface area contributed by atoms with E-state index < -0.39 is 0 Å². The molecule has 0 bridgehead atoms. The molecule has 1 fully saturated rings. The number of hydrogen-bond acceptors (Lipinski definition) is 3. The van der Waals surface area contributed by atoms with Gasteiger partial charge in [0.05, 0.1) is 0 Å². The van der Waals surface area contributed by atoms with Crippen molar-refractivity contribution in [3.05, 3.63) is 59.9 Å². The summed E-state index contributed by atoms with van der Waals surface area (Å²) in [6.45, 7) is 2.55. The average Bonchev–Trinajstić information content (AvgIpc) is 2.61. The minimum absolute atomic E-state index is 0. The van der Waals surface area contributed by atoms with Gasteiger partial charge in [0.25, 0.3) is 0 Å². The van der Waals surface area contributed by atoms with Gasteiger partial charge < -0.3 is 15.0 Å². The molecule has 1 aliphatic rings. The van der Waals surface area contributed by atoms with E-state index in [2.05, 4.69) is 29.4 Å². The van der Waals surface area contributed by atoms with Crippen LogP contribution in [0, 0.1) is 5.82 Å². The first-order valence-corrected chi connectivity index (χ1v) is 8.13. The van der Waals surface area contributed by atoms with E-state index in [-0.39, 0.29) is 30.6 Å². The van der Waals surface area contributed by atoms with Crippen molar-refractivity contribution in [3.8, 4) is 5.75 Å². The normalized spacial score (nSPS) is 14.2. The van der Waals surface area contributed by atoms with Crippen LogP contribution in [0.1, 0.15) is 18.4 Å². The van der Waals surface area contributed by atoms with Crippen molar-refractivity contribution in [2.75, 3.05) is 25.0 Å². The van der Waals surface area contributed by atoms with E-state index in [0.29, 0.717) is 12.6 Å². The Kier molecular flexibility index (Phi) is 9.04. The van der Waals surface area contributed by atoms with Crippen molar-refractivity contribution in [1.29, 1.82) is 0 Å². The number of anilines is 1. The second-order valence-corrected chi connectivity index (χ2v) is 6.00. The van der Waals surface area contributed by atoms with Gasteiger partial charge in [-0.1, -0.05) is 12.1 Å². The third-order valence-electron chi connectivity index (χ3n) is 4.39. The van der Waals surface area contributed by atoms with Crippen LogP contribution >= 0.6 is 24.8 Å². The highest BCUT2D eigenvalue weighted by Gasteiger charge is 2.17. The second kappa shape index (κ2) is 10.5. The lowest BCUT2D eigenvalue weighted by atomic mass is 10.0. The molecule has 0 amide bonds. The van der Waals surface area contributed by atoms with Gasteiger partial charge in [0, 0.05) is 18.8 Å². The van der Waals surface area contributed by atoms with Crippen molar-refractivity contribution in [2.45, 2.75) is 25.5 Å². The molecule has 0 unspecified atom stereocenters. The number of benzene rings is 2. The van der Waals surface area contributed by atoms with Crippen LogP contribution in [-0.2, 0) is 6.61 Å². The Morgan fingerprint density at radius 1 is 1.08 bits per heavy atom. The minimum Gasteiger partial charge on any atom is -0.489 e. The van der Waals surface area contributed by atoms with Gasteiger partial charge >= 0.3 is 0 Å². The van der Waals surface area contributed by atoms with Gasteiger partial charge in [-0.3, -0.25) is 0 Å². The molecule has 138 valence electrons. The molecule has 3 nitrogen and oxygen atoms in total. The fourth-order valence-electron chi connectivity index (χ4n) is 2.98. The molecule has 2 aromatic carbocycles. The van der Waals surface area contributed by atoms with Crippen LogP contribution in [0.5, 0.6) is 5.75 Å². The predicted molar refractivity (Wildman–Crippen MR) is 106 cm³/mol. The number of piperidine rings is 1. The molecular formula is C19H25Cl2FN2O. The van der Waals surface area contributed by atoms with Crippen LogP contribution in [0.15, 0.2) is 48.5 Å². The maximum atomic E-state index is 13.1. The van der Waals surface area contributed by atoms with Crippen LogP contribution in [0.3, 0.4) is 0 Å². The summed E-state index contributed by atoms with van der Waals surface area (Å²) in [5, 5.41) is 3.39. The Bertz CT molecular complexity index is 634. The fourth-order valence-corrected chi connectivity index (χ4v) is 2.98. The summed E-state index contributed by atoms with van der Waals surface area (Å²) < 4.78 is 18.9. The first-order chi connectivity index (χ1) is 11.2. The van der Waals surface area contributed by atoms with E-state index in [1.807, 2.05) is 18.2 Å². The third-order valence-corrected chi connectivity index (χ3v) is 4.39. The Hall–Kier alpha value is -1.49. The minimum atomic E-state index is -0.231. The lowest BCUT2D eigenvalue weighted by Crippen LogP contribution is -2.41. The maximum Gasteiger partial charge on any atom is 0.123 e. The summed E-state index contributed by atoms with van der Waals surface area (Å²) in [5.74, 6) is 0.571. The van der Waals surface area contributed by atoms with E-state index in [4.69, 9.17) is 4.74 Å². The van der Waals surface area contributed by atoms with Crippen LogP contribution in [-0.4, -0.2) is 26.2 Å². The third kappa shape index (κ3) is 6.07. The van der Waals surface area contributed by atoms with Gasteiger partial charge in [-0.25, -0.2) is 4.39 Å². The monoisotopic (exact) mass is 386 g/mol. The van der Waals surface area contributed by atoms with E-state index in [9.17, 15) is 4.39 Å². The first-order valence-electron chi connectivity index (χ1n) is 8.13. The number of halogens is 3. The average molecular weight is 387 g/mol. The zero-order valence-electron chi connectivity index (χ0n) is 14.3. The van der Waals surface area contributed by atoms with E-state index in [1.165, 1.54) is 30.7 Å². The topological polar surface area (TPSA) is 24.5 Å². The van der Waals surface area contributed by atoms with Crippen molar-refractivity contribution in [2.24, 2.45) is 0 Å². The van der Waals surface area contributed by atoms with Gasteiger partial charge in [-0.2, -0.15) is 0 Å². The summed E-state index contributed by atoms with van der Waals surface area (Å²) >= 11 is 0. The molecule has 1 aliphatic heterocycles. The van der Waals surface area contributed by atoms with Crippen LogP contribution in [0.25, 0.3) is 0 Å². The molecule has 1 heterocycles. The Morgan fingerprint density at radius 2 is 1.76 bits per heavy atom. The molecule has 6 heteroatoms. The van der Waals surface area contributed by atoms with Gasteiger partial charge in [0.2, 0.25) is 0 Å². The molecule has 3 rings (SSSR count). The summed E-state index contributed by atoms with van der Waals surface area (Å²) in [4.78, 5) is 2.34. The lowest BCUT2D eigenvalue weighted by Gasteiger charge is -2.33. The van der Waals surface area contributed by atoms with Crippen molar-refractivity contribution < 1.29 is 9.13 Å². The highest BCUT2D eigenvalue weighted by Crippen LogP contribution is 2.23. The van der Waals surface area contributed by atoms with E-state index in [1.54, 1.807) is 6.07 Å². The largest absolute Gasteiger partial charge is 0.489 e. The molecule has 25 heavy (non-hydrogen) atoms. The molecule has 2 aromatic rings. The Morgan fingerprint density at radius 3 is 2.40 bits per heavy atom. The molecule has 0 spiro atoms. The number of nitrogens with one attached hydrogen (secondary N) is 1. The first kappa shape index (κ1) is 21.6. The summed E-state index contributed by atoms with van der Waals surface area (Å²) in [6.07, 6.45) is 2.35. The standard InChI is InChI=1S/C19H23FN2O.2ClH/c1-22(18-9-11-21-12-10-18)17-5-7-19(8-6-17)23-14-15-3-2-4-16(20)13-15;;/h2-8,13,18,21H,9-12,14H2,1H3;2*1H. The predicted octanol–water partition coefficient (Wildman–Crippen LogP) is 4.44. The molecular weight excluding hydrogens is 362 g/mol. The molecule has 0 atom stereocenters. The van der Waals surface area contributed by atoms with Gasteiger partial charge in [-0.05, 0) is 67.9 Å². The highest BCUT2D eigenvalue weighted by atomic mass is 35.5. The van der Waals surface area contributed by atoms with Crippen molar-refractivity contribution in [3.63, 3.8) is 0 Å². The van der Waals surface area contributed by atoms with Gasteiger partial charge in [0.15, 0.2) is 0 Å². The van der Waals surface area contributed by atoms with Crippen molar-refractivity contribution >= 4 is 30.5 Å². The fraction of sp³-hybridized carbons (Fsp3) is 0.368. The SMILES string of the molecule is CN(c1ccc(OCc2cccc(F)c2)cc1)C1CCNCC1.Cl.Cl. The molecule has 0 aromatic heterocycles. The second-order valence-electron chi connectivity index (χ2n) is 6.00. The van der Waals surface area contributed by atoms with Crippen LogP contribution < -0.4 is 15.0 Å². The number of nitrogens with zero attached hydrogens (tertiary/aromatic N) is 1. The molecule has 1 saturated heterocycles. The van der Waals surface area contributed by atoms with Crippen molar-refractivity contribution in [1.82, 2.24) is 5.32 Å². The number of ether oxygens (including phenoxy) is 1. The highest BCUT2D eigenvalue weighted by molar-refractivity contribution is 5.85. The smallest absolute Gasteiger partial charge is 0.123 e. The van der Waals surface area contributed by atoms with E-state index >= 15 is 0 Å². The van der Waals surface area contributed by atoms with Crippen LogP contribution in [0.4, 0.5) is 10.1 Å². The maximum absolute atomic E-state index is 13.1. The Balaban J connectivity index is 0.00000156. The number of hydrogen-bond donors (Lipinski definition) is 1.